The Bertz CT molecular complexity index is 859. The van der Waals surface area contributed by atoms with Crippen LogP contribution in [-0.2, 0) is 0 Å². The Morgan fingerprint density at radius 2 is 1.27 bits per heavy atom. The van der Waals surface area contributed by atoms with E-state index in [0.29, 0.717) is 5.56 Å². The van der Waals surface area contributed by atoms with Gasteiger partial charge in [0.2, 0.25) is 5.89 Å². The lowest BCUT2D eigenvalue weighted by molar-refractivity contribution is 0.396. The van der Waals surface area contributed by atoms with E-state index in [1.54, 1.807) is 0 Å². The van der Waals surface area contributed by atoms with Crippen molar-refractivity contribution in [2.24, 2.45) is 0 Å². The van der Waals surface area contributed by atoms with Crippen LogP contribution in [0.4, 0.5) is 0 Å². The van der Waals surface area contributed by atoms with Crippen LogP contribution in [0.25, 0.3) is 22.9 Å². The number of phenolic OH excluding ortho intramolecular Hbond substituents is 5. The van der Waals surface area contributed by atoms with Crippen LogP contribution < -0.4 is 0 Å². The minimum atomic E-state index is -0.482. The molecule has 8 nitrogen and oxygen atoms in total. The lowest BCUT2D eigenvalue weighted by atomic mass is 10.1. The number of aromatic hydroxyl groups is 5. The van der Waals surface area contributed by atoms with E-state index < -0.39 is 11.5 Å². The molecule has 3 rings (SSSR count). The third-order valence-corrected chi connectivity index (χ3v) is 2.97. The first-order chi connectivity index (χ1) is 10.5. The fourth-order valence-electron chi connectivity index (χ4n) is 1.84. The maximum absolute atomic E-state index is 9.76. The summed E-state index contributed by atoms with van der Waals surface area (Å²) in [5.74, 6) is -1.96. The predicted molar refractivity (Wildman–Crippen MR) is 73.5 cm³/mol. The van der Waals surface area contributed by atoms with Crippen molar-refractivity contribution in [1.29, 1.82) is 0 Å². The van der Waals surface area contributed by atoms with Crippen molar-refractivity contribution in [3.63, 3.8) is 0 Å². The first-order valence-electron chi connectivity index (χ1n) is 6.07. The summed E-state index contributed by atoms with van der Waals surface area (Å²) in [5.41, 5.74) is 0.397. The van der Waals surface area contributed by atoms with Gasteiger partial charge in [-0.1, -0.05) is 0 Å². The summed E-state index contributed by atoms with van der Waals surface area (Å²) in [4.78, 5) is 0. The molecule has 0 saturated heterocycles. The second-order valence-electron chi connectivity index (χ2n) is 4.47. The van der Waals surface area contributed by atoms with Crippen molar-refractivity contribution >= 4 is 0 Å². The van der Waals surface area contributed by atoms with Crippen LogP contribution in [0, 0.1) is 0 Å². The fraction of sp³-hybridized carbons (Fsp3) is 0. The number of aromatic nitrogens is 2. The van der Waals surface area contributed by atoms with E-state index in [0.717, 1.165) is 12.1 Å². The number of phenols is 5. The topological polar surface area (TPSA) is 140 Å². The number of hydrogen-bond donors (Lipinski definition) is 5. The van der Waals surface area contributed by atoms with E-state index in [4.69, 9.17) is 4.42 Å². The number of nitrogens with zero attached hydrogens (tertiary/aromatic N) is 2. The second-order valence-corrected chi connectivity index (χ2v) is 4.47. The van der Waals surface area contributed by atoms with Crippen molar-refractivity contribution in [3.05, 3.63) is 30.3 Å². The molecule has 0 unspecified atom stereocenters. The van der Waals surface area contributed by atoms with Crippen LogP contribution >= 0.6 is 0 Å². The molecule has 0 aliphatic heterocycles. The maximum Gasteiger partial charge on any atom is 0.252 e. The summed E-state index contributed by atoms with van der Waals surface area (Å²) in [7, 11) is 0. The summed E-state index contributed by atoms with van der Waals surface area (Å²) in [6.07, 6.45) is 0. The summed E-state index contributed by atoms with van der Waals surface area (Å²) in [5, 5.41) is 54.7. The van der Waals surface area contributed by atoms with Gasteiger partial charge in [0.25, 0.3) is 5.89 Å². The molecule has 0 radical (unpaired) electrons. The zero-order valence-corrected chi connectivity index (χ0v) is 10.9. The van der Waals surface area contributed by atoms with Crippen LogP contribution in [0.3, 0.4) is 0 Å². The Labute approximate surface area is 123 Å². The van der Waals surface area contributed by atoms with Crippen LogP contribution in [0.5, 0.6) is 28.7 Å². The molecule has 1 aromatic heterocycles. The Morgan fingerprint density at radius 3 is 2.00 bits per heavy atom. The average Bonchev–Trinajstić information content (AvgIpc) is 2.95. The molecule has 0 aliphatic carbocycles. The largest absolute Gasteiger partial charge is 0.507 e. The monoisotopic (exact) mass is 302 g/mol. The minimum Gasteiger partial charge on any atom is -0.507 e. The summed E-state index contributed by atoms with van der Waals surface area (Å²) < 4.78 is 5.36. The van der Waals surface area contributed by atoms with Crippen molar-refractivity contribution in [1.82, 2.24) is 10.2 Å². The van der Waals surface area contributed by atoms with Crippen molar-refractivity contribution in [2.45, 2.75) is 0 Å². The normalized spacial score (nSPS) is 10.7. The van der Waals surface area contributed by atoms with Gasteiger partial charge in [0.1, 0.15) is 5.75 Å². The first-order valence-corrected chi connectivity index (χ1v) is 6.07. The zero-order chi connectivity index (χ0) is 15.9. The van der Waals surface area contributed by atoms with Gasteiger partial charge in [-0.25, -0.2) is 0 Å². The Kier molecular flexibility index (Phi) is 2.99. The van der Waals surface area contributed by atoms with Crippen molar-refractivity contribution in [2.75, 3.05) is 0 Å². The minimum absolute atomic E-state index is 0.0389. The highest BCUT2D eigenvalue weighted by molar-refractivity contribution is 5.68. The van der Waals surface area contributed by atoms with Gasteiger partial charge in [-0.05, 0) is 18.2 Å². The van der Waals surface area contributed by atoms with Crippen LogP contribution in [0.2, 0.25) is 0 Å². The predicted octanol–water partition coefficient (Wildman–Crippen LogP) is 1.93. The standard InChI is InChI=1S/C14H10N2O6/c17-8-2-1-6(3-10(8)19)13-15-16-14(22-13)7-4-11(20)12(21)5-9(7)18/h1-5,17-21H. The number of hydrogen-bond acceptors (Lipinski definition) is 8. The summed E-state index contributed by atoms with van der Waals surface area (Å²) >= 11 is 0. The van der Waals surface area contributed by atoms with E-state index in [2.05, 4.69) is 10.2 Å². The van der Waals surface area contributed by atoms with Crippen LogP contribution in [-0.4, -0.2) is 35.7 Å². The van der Waals surface area contributed by atoms with Crippen molar-refractivity contribution in [3.8, 4) is 51.7 Å². The van der Waals surface area contributed by atoms with Gasteiger partial charge in [-0.15, -0.1) is 10.2 Å². The Morgan fingerprint density at radius 1 is 0.636 bits per heavy atom. The molecule has 0 saturated carbocycles. The molecule has 1 heterocycles. The van der Waals surface area contributed by atoms with E-state index in [1.807, 2.05) is 0 Å². The van der Waals surface area contributed by atoms with Gasteiger partial charge in [0.05, 0.1) is 5.56 Å². The highest BCUT2D eigenvalue weighted by Crippen LogP contribution is 2.38. The molecule has 3 aromatic rings. The number of rotatable bonds is 2. The molecule has 0 spiro atoms. The molecule has 0 amide bonds. The maximum atomic E-state index is 9.76. The lowest BCUT2D eigenvalue weighted by Gasteiger charge is -2.03. The van der Waals surface area contributed by atoms with E-state index in [-0.39, 0.29) is 34.6 Å². The molecule has 22 heavy (non-hydrogen) atoms. The Balaban J connectivity index is 2.04. The van der Waals surface area contributed by atoms with Crippen LogP contribution in [0.15, 0.2) is 34.7 Å². The van der Waals surface area contributed by atoms with Gasteiger partial charge >= 0.3 is 0 Å². The quantitative estimate of drug-likeness (QED) is 0.357. The highest BCUT2D eigenvalue weighted by Gasteiger charge is 2.17. The van der Waals surface area contributed by atoms with Gasteiger partial charge in [-0.2, -0.15) is 0 Å². The van der Waals surface area contributed by atoms with Crippen molar-refractivity contribution < 1.29 is 29.9 Å². The highest BCUT2D eigenvalue weighted by atomic mass is 16.4. The SMILES string of the molecule is Oc1ccc(-c2nnc(-c3cc(O)c(O)cc3O)o2)cc1O. The molecular weight excluding hydrogens is 292 g/mol. The van der Waals surface area contributed by atoms with Gasteiger partial charge in [0.15, 0.2) is 23.0 Å². The molecule has 0 bridgehead atoms. The molecule has 0 fully saturated rings. The first kappa shape index (κ1) is 13.6. The number of benzene rings is 2. The molecule has 112 valence electrons. The molecule has 2 aromatic carbocycles. The van der Waals surface area contributed by atoms with Gasteiger partial charge < -0.3 is 29.9 Å². The fourth-order valence-corrected chi connectivity index (χ4v) is 1.84. The van der Waals surface area contributed by atoms with Crippen LogP contribution in [0.1, 0.15) is 0 Å². The zero-order valence-electron chi connectivity index (χ0n) is 10.9. The van der Waals surface area contributed by atoms with E-state index >= 15 is 0 Å². The van der Waals surface area contributed by atoms with E-state index in [9.17, 15) is 25.5 Å². The average molecular weight is 302 g/mol. The molecular formula is C14H10N2O6. The molecule has 8 heteroatoms. The van der Waals surface area contributed by atoms with Gasteiger partial charge in [0, 0.05) is 17.7 Å². The third-order valence-electron chi connectivity index (χ3n) is 2.97. The van der Waals surface area contributed by atoms with E-state index in [1.165, 1.54) is 18.2 Å². The van der Waals surface area contributed by atoms with Gasteiger partial charge in [-0.3, -0.25) is 0 Å². The second kappa shape index (κ2) is 4.85. The third kappa shape index (κ3) is 2.22. The molecule has 0 aliphatic rings. The Hall–Kier alpha value is -3.42. The lowest BCUT2D eigenvalue weighted by Crippen LogP contribution is -1.80. The summed E-state index contributed by atoms with van der Waals surface area (Å²) in [6, 6.07) is 5.98. The smallest absolute Gasteiger partial charge is 0.252 e. The molecule has 0 atom stereocenters. The molecule has 5 N–H and O–H groups in total. The summed E-state index contributed by atoms with van der Waals surface area (Å²) in [6.45, 7) is 0.